The summed E-state index contributed by atoms with van der Waals surface area (Å²) in [5.74, 6) is -0.502. The Morgan fingerprint density at radius 1 is 1.47 bits per heavy atom. The summed E-state index contributed by atoms with van der Waals surface area (Å²) in [6, 6.07) is 5.40. The van der Waals surface area contributed by atoms with Crippen LogP contribution in [0.5, 0.6) is 0 Å². The minimum absolute atomic E-state index is 0.0583. The molecular weight excluding hydrogens is 226 g/mol. The van der Waals surface area contributed by atoms with Crippen LogP contribution < -0.4 is 0 Å². The fraction of sp³-hybridized carbons (Fsp3) is 0.364. The first-order valence-electron chi connectivity index (χ1n) is 5.12. The summed E-state index contributed by atoms with van der Waals surface area (Å²) in [4.78, 5) is 21.0. The molecule has 0 fully saturated rings. The molecule has 0 aliphatic heterocycles. The topological polar surface area (TPSA) is 89.7 Å². The standard InChI is InChI=1S/C11H13NO5/c1-2-17-11(14)7-10(13)8-3-5-9(6-4-8)12(15)16/h3-6,10,13H,2,7H2,1H3. The van der Waals surface area contributed by atoms with Crippen LogP contribution >= 0.6 is 0 Å². The molecule has 1 aromatic rings. The Hall–Kier alpha value is -1.95. The Labute approximate surface area is 98.0 Å². The third-order valence-corrected chi connectivity index (χ3v) is 2.15. The van der Waals surface area contributed by atoms with Gasteiger partial charge < -0.3 is 9.84 Å². The number of ether oxygens (including phenoxy) is 1. The molecule has 0 amide bonds. The second-order valence-corrected chi connectivity index (χ2v) is 3.37. The van der Waals surface area contributed by atoms with E-state index in [0.29, 0.717) is 5.56 Å². The highest BCUT2D eigenvalue weighted by Gasteiger charge is 2.15. The first-order valence-corrected chi connectivity index (χ1v) is 5.12. The van der Waals surface area contributed by atoms with Gasteiger partial charge in [0.2, 0.25) is 0 Å². The number of nitrogens with zero attached hydrogens (tertiary/aromatic N) is 1. The van der Waals surface area contributed by atoms with E-state index in [1.807, 2.05) is 0 Å². The van der Waals surface area contributed by atoms with Crippen LogP contribution in [0, 0.1) is 10.1 Å². The van der Waals surface area contributed by atoms with Gasteiger partial charge in [-0.1, -0.05) is 0 Å². The normalized spacial score (nSPS) is 11.9. The van der Waals surface area contributed by atoms with Crippen molar-refractivity contribution in [3.05, 3.63) is 39.9 Å². The van der Waals surface area contributed by atoms with Crippen LogP contribution in [0.25, 0.3) is 0 Å². The number of hydrogen-bond donors (Lipinski definition) is 1. The number of carbonyl (C=O) groups excluding carboxylic acids is 1. The summed E-state index contributed by atoms with van der Waals surface area (Å²) in [6.45, 7) is 1.93. The molecule has 0 saturated carbocycles. The van der Waals surface area contributed by atoms with Crippen molar-refractivity contribution in [2.45, 2.75) is 19.4 Å². The number of aliphatic hydroxyl groups is 1. The van der Waals surface area contributed by atoms with Gasteiger partial charge >= 0.3 is 5.97 Å². The number of rotatable bonds is 5. The van der Waals surface area contributed by atoms with Gasteiger partial charge in [-0.3, -0.25) is 14.9 Å². The van der Waals surface area contributed by atoms with Crippen molar-refractivity contribution in [3.8, 4) is 0 Å². The molecule has 0 aliphatic carbocycles. The van der Waals surface area contributed by atoms with Crippen molar-refractivity contribution < 1.29 is 19.6 Å². The number of hydrogen-bond acceptors (Lipinski definition) is 5. The van der Waals surface area contributed by atoms with Gasteiger partial charge in [0, 0.05) is 12.1 Å². The number of carbonyl (C=O) groups is 1. The van der Waals surface area contributed by atoms with Gasteiger partial charge in [-0.05, 0) is 24.6 Å². The lowest BCUT2D eigenvalue weighted by Crippen LogP contribution is -2.10. The Bertz CT molecular complexity index is 401. The van der Waals surface area contributed by atoms with E-state index < -0.39 is 17.0 Å². The third-order valence-electron chi connectivity index (χ3n) is 2.15. The minimum atomic E-state index is -1.00. The molecule has 6 nitrogen and oxygen atoms in total. The summed E-state index contributed by atoms with van der Waals surface area (Å²) in [5, 5.41) is 20.1. The van der Waals surface area contributed by atoms with Crippen LogP contribution in [0.15, 0.2) is 24.3 Å². The predicted molar refractivity (Wildman–Crippen MR) is 59.3 cm³/mol. The summed E-state index contributed by atoms with van der Waals surface area (Å²) in [6.07, 6.45) is -1.17. The molecule has 6 heteroatoms. The monoisotopic (exact) mass is 239 g/mol. The summed E-state index contributed by atoms with van der Waals surface area (Å²) in [5.41, 5.74) is 0.390. The molecule has 1 rings (SSSR count). The van der Waals surface area contributed by atoms with Crippen LogP contribution in [0.1, 0.15) is 25.0 Å². The van der Waals surface area contributed by atoms with E-state index in [1.165, 1.54) is 24.3 Å². The van der Waals surface area contributed by atoms with Crippen molar-refractivity contribution in [2.24, 2.45) is 0 Å². The Morgan fingerprint density at radius 3 is 2.53 bits per heavy atom. The first kappa shape index (κ1) is 13.1. The molecule has 0 bridgehead atoms. The fourth-order valence-electron chi connectivity index (χ4n) is 1.31. The fourth-order valence-corrected chi connectivity index (χ4v) is 1.31. The van der Waals surface area contributed by atoms with Gasteiger partial charge in [0.25, 0.3) is 5.69 Å². The maximum absolute atomic E-state index is 11.1. The zero-order valence-electron chi connectivity index (χ0n) is 9.33. The molecule has 0 radical (unpaired) electrons. The number of nitro benzene ring substituents is 1. The molecule has 17 heavy (non-hydrogen) atoms. The number of aliphatic hydroxyl groups excluding tert-OH is 1. The van der Waals surface area contributed by atoms with Crippen molar-refractivity contribution in [3.63, 3.8) is 0 Å². The molecule has 0 spiro atoms. The van der Waals surface area contributed by atoms with E-state index in [2.05, 4.69) is 4.74 Å². The summed E-state index contributed by atoms with van der Waals surface area (Å²) < 4.78 is 4.69. The number of esters is 1. The first-order chi connectivity index (χ1) is 8.04. The van der Waals surface area contributed by atoms with E-state index in [0.717, 1.165) is 0 Å². The van der Waals surface area contributed by atoms with Crippen molar-refractivity contribution in [1.29, 1.82) is 0 Å². The lowest BCUT2D eigenvalue weighted by molar-refractivity contribution is -0.384. The van der Waals surface area contributed by atoms with Crippen molar-refractivity contribution in [2.75, 3.05) is 6.61 Å². The van der Waals surface area contributed by atoms with Crippen LogP contribution in [-0.2, 0) is 9.53 Å². The second-order valence-electron chi connectivity index (χ2n) is 3.37. The lowest BCUT2D eigenvalue weighted by Gasteiger charge is -2.09. The molecule has 0 saturated heterocycles. The number of nitro groups is 1. The van der Waals surface area contributed by atoms with Crippen LogP contribution in [0.4, 0.5) is 5.69 Å². The maximum Gasteiger partial charge on any atom is 0.308 e. The molecular formula is C11H13NO5. The van der Waals surface area contributed by atoms with Crippen LogP contribution in [0.2, 0.25) is 0 Å². The Morgan fingerprint density at radius 2 is 2.06 bits per heavy atom. The highest BCUT2D eigenvalue weighted by Crippen LogP contribution is 2.20. The molecule has 0 aromatic heterocycles. The largest absolute Gasteiger partial charge is 0.466 e. The van der Waals surface area contributed by atoms with Crippen molar-refractivity contribution >= 4 is 11.7 Å². The second kappa shape index (κ2) is 5.95. The average Bonchev–Trinajstić information content (AvgIpc) is 2.29. The van der Waals surface area contributed by atoms with Crippen LogP contribution in [0.3, 0.4) is 0 Å². The zero-order chi connectivity index (χ0) is 12.8. The highest BCUT2D eigenvalue weighted by atomic mass is 16.6. The van der Waals surface area contributed by atoms with Gasteiger partial charge in [-0.25, -0.2) is 0 Å². The van der Waals surface area contributed by atoms with E-state index in [4.69, 9.17) is 0 Å². The van der Waals surface area contributed by atoms with Gasteiger partial charge in [-0.2, -0.15) is 0 Å². The minimum Gasteiger partial charge on any atom is -0.466 e. The molecule has 92 valence electrons. The number of non-ortho nitro benzene ring substituents is 1. The quantitative estimate of drug-likeness (QED) is 0.478. The SMILES string of the molecule is CCOC(=O)CC(O)c1ccc([N+](=O)[O-])cc1. The average molecular weight is 239 g/mol. The third kappa shape index (κ3) is 3.84. The number of benzene rings is 1. The lowest BCUT2D eigenvalue weighted by atomic mass is 10.1. The van der Waals surface area contributed by atoms with E-state index >= 15 is 0 Å². The van der Waals surface area contributed by atoms with E-state index in [9.17, 15) is 20.0 Å². The van der Waals surface area contributed by atoms with Gasteiger partial charge in [0.05, 0.1) is 24.1 Å². The highest BCUT2D eigenvalue weighted by molar-refractivity contribution is 5.70. The zero-order valence-corrected chi connectivity index (χ0v) is 9.33. The maximum atomic E-state index is 11.1. The van der Waals surface area contributed by atoms with Crippen LogP contribution in [-0.4, -0.2) is 22.6 Å². The predicted octanol–water partition coefficient (Wildman–Crippen LogP) is 1.58. The van der Waals surface area contributed by atoms with Gasteiger partial charge in [0.1, 0.15) is 0 Å². The molecule has 1 unspecified atom stereocenters. The molecule has 0 aliphatic rings. The van der Waals surface area contributed by atoms with Gasteiger partial charge in [0.15, 0.2) is 0 Å². The summed E-state index contributed by atoms with van der Waals surface area (Å²) in [7, 11) is 0. The Kier molecular flexibility index (Phi) is 4.59. The molecule has 1 N–H and O–H groups in total. The van der Waals surface area contributed by atoms with Gasteiger partial charge in [-0.15, -0.1) is 0 Å². The Balaban J connectivity index is 2.66. The summed E-state index contributed by atoms with van der Waals surface area (Å²) >= 11 is 0. The molecule has 1 aromatic carbocycles. The van der Waals surface area contributed by atoms with Crippen molar-refractivity contribution in [1.82, 2.24) is 0 Å². The smallest absolute Gasteiger partial charge is 0.308 e. The molecule has 1 atom stereocenters. The van der Waals surface area contributed by atoms with E-state index in [-0.39, 0.29) is 18.7 Å². The molecule has 0 heterocycles. The van der Waals surface area contributed by atoms with E-state index in [1.54, 1.807) is 6.92 Å².